The van der Waals surface area contributed by atoms with Crippen molar-refractivity contribution in [2.75, 3.05) is 4.90 Å². The third kappa shape index (κ3) is 8.21. The summed E-state index contributed by atoms with van der Waals surface area (Å²) >= 11 is 0. The zero-order chi connectivity index (χ0) is 44.0. The van der Waals surface area contributed by atoms with Crippen molar-refractivity contribution in [3.8, 4) is 22.3 Å². The molecule has 0 bridgehead atoms. The number of aromatic nitrogens is 8. The van der Waals surface area contributed by atoms with E-state index in [1.54, 1.807) is 11.1 Å². The number of piperidine rings is 2. The summed E-state index contributed by atoms with van der Waals surface area (Å²) < 4.78 is 42.6. The van der Waals surface area contributed by atoms with Gasteiger partial charge in [0.15, 0.2) is 22.9 Å². The molecule has 0 aliphatic carbocycles. The van der Waals surface area contributed by atoms with Gasteiger partial charge in [0.2, 0.25) is 11.8 Å². The number of halogens is 2. The number of carbonyl (C=O) groups excluding carboxylic acids is 2. The maximum absolute atomic E-state index is 14.1. The predicted molar refractivity (Wildman–Crippen MR) is 230 cm³/mol. The zero-order valence-electron chi connectivity index (χ0n) is 36.4. The molecule has 2 fully saturated rings. The highest BCUT2D eigenvalue weighted by atomic mass is 19.2. The number of nitrogens with one attached hydrogen (secondary N) is 1. The van der Waals surface area contributed by atoms with Crippen LogP contribution >= 0.6 is 0 Å². The van der Waals surface area contributed by atoms with Crippen LogP contribution in [-0.4, -0.2) is 51.2 Å². The van der Waals surface area contributed by atoms with Gasteiger partial charge in [0.25, 0.3) is 0 Å². The molecule has 2 aliphatic heterocycles. The number of hydrogen-bond acceptors (Lipinski definition) is 10. The quantitative estimate of drug-likeness (QED) is 0.148. The molecule has 0 unspecified atom stereocenters. The lowest BCUT2D eigenvalue weighted by molar-refractivity contribution is -0.123. The maximum Gasteiger partial charge on any atom is 0.227 e. The third-order valence-electron chi connectivity index (χ3n) is 11.4. The number of carbonyl (C=O) groups is 2. The normalized spacial score (nSPS) is 17.1. The molecule has 0 spiro atoms. The highest BCUT2D eigenvalue weighted by Crippen LogP contribution is 2.39. The lowest BCUT2D eigenvalue weighted by Crippen LogP contribution is -2.39. The van der Waals surface area contributed by atoms with E-state index in [4.69, 9.17) is 29.0 Å². The van der Waals surface area contributed by atoms with Crippen molar-refractivity contribution in [3.63, 3.8) is 0 Å². The fraction of sp³-hybridized carbons (Fsp3) is 0.435. The summed E-state index contributed by atoms with van der Waals surface area (Å²) in [5.74, 6) is 1.83. The van der Waals surface area contributed by atoms with Crippen LogP contribution in [-0.2, 0) is 22.7 Å². The summed E-state index contributed by atoms with van der Waals surface area (Å²) in [5, 5.41) is 11.2. The lowest BCUT2D eigenvalue weighted by atomic mass is 9.99. The molecule has 6 aromatic heterocycles. The van der Waals surface area contributed by atoms with E-state index in [0.29, 0.717) is 72.5 Å². The van der Waals surface area contributed by atoms with Gasteiger partial charge in [-0.3, -0.25) is 9.59 Å². The molecule has 2 amide bonds. The Kier molecular flexibility index (Phi) is 11.8. The number of benzene rings is 1. The van der Waals surface area contributed by atoms with E-state index in [0.717, 1.165) is 87.9 Å². The van der Waals surface area contributed by atoms with Crippen LogP contribution in [0.4, 0.5) is 14.5 Å². The zero-order valence-corrected chi connectivity index (χ0v) is 36.4. The fourth-order valence-electron chi connectivity index (χ4n) is 8.80. The summed E-state index contributed by atoms with van der Waals surface area (Å²) in [6, 6.07) is 7.10. The van der Waals surface area contributed by atoms with Gasteiger partial charge in [-0.05, 0) is 89.5 Å². The number of aryl methyl sites for hydroxylation is 4. The number of hydrogen-bond donors (Lipinski definition) is 1. The molecule has 9 rings (SSSR count). The predicted octanol–water partition coefficient (Wildman–Crippen LogP) is 9.60. The number of rotatable bonds is 9. The Bertz CT molecular complexity index is 2760. The standard InChI is InChI=1S/C26H27F2N5O2.C20H25N5O2/c1-14(2)13-32-25-21(10-17(12-29-25)24-15(3)31-35-16(24)4)30-26(32)22-6-5-7-23(34)33(22)18-8-9-19(27)20(28)11-18;1-11(2)10-25-19-16(23-20(25)15-6-5-7-17(26)22-15)8-14(9-21-19)18-12(3)24-27-13(18)4/h8-12,14,22H,5-7,13H2,1-4H3;8-9,11,15H,5-7,10H2,1-4H3,(H,22,26)/t22-;15-/m00/s1. The molecular formula is C46H52F2N10O4. The molecule has 8 heterocycles. The first-order valence-corrected chi connectivity index (χ1v) is 21.3. The highest BCUT2D eigenvalue weighted by Gasteiger charge is 2.35. The van der Waals surface area contributed by atoms with Crippen molar-refractivity contribution >= 4 is 39.8 Å². The molecule has 2 atom stereocenters. The Balaban J connectivity index is 0.000000176. The Morgan fingerprint density at radius 1 is 0.726 bits per heavy atom. The monoisotopic (exact) mass is 846 g/mol. The molecule has 2 saturated heterocycles. The summed E-state index contributed by atoms with van der Waals surface area (Å²) in [5.41, 5.74) is 8.70. The van der Waals surface area contributed by atoms with Crippen molar-refractivity contribution in [1.82, 2.24) is 44.7 Å². The van der Waals surface area contributed by atoms with E-state index in [-0.39, 0.29) is 17.9 Å². The van der Waals surface area contributed by atoms with E-state index in [1.165, 1.54) is 6.07 Å². The van der Waals surface area contributed by atoms with Gasteiger partial charge in [-0.15, -0.1) is 0 Å². The van der Waals surface area contributed by atoms with Gasteiger partial charge >= 0.3 is 0 Å². The molecule has 16 heteroatoms. The van der Waals surface area contributed by atoms with Gasteiger partial charge in [-0.2, -0.15) is 0 Å². The molecular weight excluding hydrogens is 795 g/mol. The molecule has 14 nitrogen and oxygen atoms in total. The van der Waals surface area contributed by atoms with Gasteiger partial charge < -0.3 is 28.4 Å². The first-order valence-electron chi connectivity index (χ1n) is 21.3. The number of anilines is 1. The number of amides is 2. The van der Waals surface area contributed by atoms with Crippen LogP contribution in [0.1, 0.15) is 113 Å². The van der Waals surface area contributed by atoms with E-state index in [1.807, 2.05) is 50.6 Å². The van der Waals surface area contributed by atoms with Crippen molar-refractivity contribution < 1.29 is 27.4 Å². The van der Waals surface area contributed by atoms with E-state index in [2.05, 4.69) is 47.9 Å². The van der Waals surface area contributed by atoms with Crippen LogP contribution in [0.3, 0.4) is 0 Å². The fourth-order valence-corrected chi connectivity index (χ4v) is 8.80. The van der Waals surface area contributed by atoms with Crippen LogP contribution in [0, 0.1) is 51.2 Å². The van der Waals surface area contributed by atoms with Gasteiger partial charge in [0.05, 0.1) is 23.5 Å². The average Bonchev–Trinajstić information content (AvgIpc) is 3.97. The summed E-state index contributed by atoms with van der Waals surface area (Å²) in [4.78, 5) is 45.8. The molecule has 1 N–H and O–H groups in total. The number of pyridine rings is 2. The average molecular weight is 847 g/mol. The molecule has 0 saturated carbocycles. The van der Waals surface area contributed by atoms with Gasteiger partial charge in [0, 0.05) is 72.3 Å². The van der Waals surface area contributed by atoms with Crippen LogP contribution in [0.2, 0.25) is 0 Å². The van der Waals surface area contributed by atoms with Gasteiger partial charge in [-0.1, -0.05) is 38.0 Å². The van der Waals surface area contributed by atoms with Crippen molar-refractivity contribution in [1.29, 1.82) is 0 Å². The van der Waals surface area contributed by atoms with Crippen LogP contribution in [0.25, 0.3) is 44.6 Å². The minimum atomic E-state index is -0.985. The Labute approximate surface area is 358 Å². The van der Waals surface area contributed by atoms with Gasteiger partial charge in [0.1, 0.15) is 34.2 Å². The smallest absolute Gasteiger partial charge is 0.227 e. The van der Waals surface area contributed by atoms with Crippen molar-refractivity contribution in [3.05, 3.63) is 88.9 Å². The molecule has 7 aromatic rings. The largest absolute Gasteiger partial charge is 0.361 e. The Hall–Kier alpha value is -6.32. The third-order valence-corrected chi connectivity index (χ3v) is 11.4. The minimum absolute atomic E-state index is 0.0540. The van der Waals surface area contributed by atoms with Crippen LogP contribution in [0.5, 0.6) is 0 Å². The Morgan fingerprint density at radius 3 is 1.79 bits per heavy atom. The Morgan fingerprint density at radius 2 is 1.27 bits per heavy atom. The van der Waals surface area contributed by atoms with Gasteiger partial charge in [-0.25, -0.2) is 28.7 Å². The molecule has 1 aromatic carbocycles. The molecule has 62 heavy (non-hydrogen) atoms. The molecule has 324 valence electrons. The molecule has 0 radical (unpaired) electrons. The SMILES string of the molecule is Cc1noc(C)c1-c1cnc2c(c1)nc([C@@H]1CCCC(=O)N1)n2CC(C)C.Cc1noc(C)c1-c1cnc2c(c1)nc([C@@H]1CCCC(=O)N1c1ccc(F)c(F)c1)n2CC(C)C. The van der Waals surface area contributed by atoms with E-state index < -0.39 is 17.7 Å². The second kappa shape index (κ2) is 17.2. The second-order valence-corrected chi connectivity index (χ2v) is 17.3. The van der Waals surface area contributed by atoms with Crippen LogP contribution in [0.15, 0.2) is 51.8 Å². The topological polar surface area (TPSA) is 163 Å². The van der Waals surface area contributed by atoms with E-state index >= 15 is 0 Å². The highest BCUT2D eigenvalue weighted by molar-refractivity contribution is 5.95. The number of fused-ring (bicyclic) bond motifs is 2. The van der Waals surface area contributed by atoms with Crippen molar-refractivity contribution in [2.24, 2.45) is 11.8 Å². The lowest BCUT2D eigenvalue weighted by Gasteiger charge is -2.35. The van der Waals surface area contributed by atoms with Crippen LogP contribution < -0.4 is 10.2 Å². The first kappa shape index (κ1) is 42.4. The summed E-state index contributed by atoms with van der Waals surface area (Å²) in [7, 11) is 0. The minimum Gasteiger partial charge on any atom is -0.361 e. The first-order chi connectivity index (χ1) is 29.7. The van der Waals surface area contributed by atoms with Crippen molar-refractivity contribution in [2.45, 2.75) is 119 Å². The summed E-state index contributed by atoms with van der Waals surface area (Å²) in [6.45, 7) is 17.6. The second-order valence-electron chi connectivity index (χ2n) is 17.3. The maximum atomic E-state index is 14.1. The number of nitrogens with zero attached hydrogens (tertiary/aromatic N) is 9. The number of imidazole rings is 2. The molecule has 2 aliphatic rings. The summed E-state index contributed by atoms with van der Waals surface area (Å²) in [6.07, 6.45) is 7.72. The van der Waals surface area contributed by atoms with E-state index in [9.17, 15) is 18.4 Å².